The summed E-state index contributed by atoms with van der Waals surface area (Å²) in [5.41, 5.74) is 0.911. The molecule has 3 rings (SSSR count). The minimum absolute atomic E-state index is 0.138. The van der Waals surface area contributed by atoms with Crippen LogP contribution in [0.4, 0.5) is 4.79 Å². The minimum Gasteiger partial charge on any atom is -0.445 e. The number of hydrogen-bond donors (Lipinski definition) is 0. The molecule has 0 saturated carbocycles. The second kappa shape index (κ2) is 7.58. The van der Waals surface area contributed by atoms with Crippen LogP contribution in [0.15, 0.2) is 30.3 Å². The predicted molar refractivity (Wildman–Crippen MR) is 89.9 cm³/mol. The van der Waals surface area contributed by atoms with Gasteiger partial charge in [-0.15, -0.1) is 11.8 Å². The molecule has 0 aliphatic carbocycles. The Kier molecular flexibility index (Phi) is 5.26. The molecule has 1 aromatic rings. The molecule has 2 amide bonds. The zero-order chi connectivity index (χ0) is 16.9. The van der Waals surface area contributed by atoms with Crippen molar-refractivity contribution < 1.29 is 14.3 Å². The molecule has 0 radical (unpaired) electrons. The van der Waals surface area contributed by atoms with Crippen molar-refractivity contribution >= 4 is 23.8 Å². The lowest BCUT2D eigenvalue weighted by molar-refractivity contribution is -0.135. The van der Waals surface area contributed by atoms with Crippen molar-refractivity contribution in [2.45, 2.75) is 31.5 Å². The number of hydrogen-bond acceptors (Lipinski definition) is 5. The second-order valence-corrected chi connectivity index (χ2v) is 6.84. The normalized spacial score (nSPS) is 23.1. The lowest BCUT2D eigenvalue weighted by Gasteiger charge is -2.28. The SMILES string of the molecule is N#C[C@@H]1CSCN1C(=O)[C@H]1CCCN1C(=O)OCc1ccccc1. The summed E-state index contributed by atoms with van der Waals surface area (Å²) < 4.78 is 5.35. The van der Waals surface area contributed by atoms with E-state index in [1.807, 2.05) is 30.3 Å². The van der Waals surface area contributed by atoms with Gasteiger partial charge >= 0.3 is 6.09 Å². The molecule has 2 heterocycles. The van der Waals surface area contributed by atoms with Gasteiger partial charge in [-0.1, -0.05) is 30.3 Å². The van der Waals surface area contributed by atoms with Crippen molar-refractivity contribution in [3.63, 3.8) is 0 Å². The van der Waals surface area contributed by atoms with Crippen LogP contribution in [-0.4, -0.2) is 52.1 Å². The largest absolute Gasteiger partial charge is 0.445 e. The molecule has 6 nitrogen and oxygen atoms in total. The second-order valence-electron chi connectivity index (χ2n) is 5.84. The molecule has 24 heavy (non-hydrogen) atoms. The first-order valence-corrected chi connectivity index (χ1v) is 9.11. The number of nitrogens with zero attached hydrogens (tertiary/aromatic N) is 3. The molecular weight excluding hydrogens is 326 g/mol. The zero-order valence-corrected chi connectivity index (χ0v) is 14.1. The third-order valence-corrected chi connectivity index (χ3v) is 5.30. The number of benzene rings is 1. The molecule has 2 aliphatic heterocycles. The van der Waals surface area contributed by atoms with E-state index in [2.05, 4.69) is 6.07 Å². The summed E-state index contributed by atoms with van der Waals surface area (Å²) in [6, 6.07) is 10.7. The molecule has 0 bridgehead atoms. The van der Waals surface area contributed by atoms with Crippen LogP contribution >= 0.6 is 11.8 Å². The summed E-state index contributed by atoms with van der Waals surface area (Å²) in [4.78, 5) is 28.2. The van der Waals surface area contributed by atoms with Gasteiger partial charge in [-0.2, -0.15) is 5.26 Å². The average molecular weight is 345 g/mol. The number of likely N-dealkylation sites (tertiary alicyclic amines) is 1. The molecule has 0 N–H and O–H groups in total. The summed E-state index contributed by atoms with van der Waals surface area (Å²) in [6.45, 7) is 0.708. The molecule has 2 fully saturated rings. The van der Waals surface area contributed by atoms with E-state index in [1.165, 1.54) is 4.90 Å². The van der Waals surface area contributed by atoms with Crippen LogP contribution in [0.1, 0.15) is 18.4 Å². The van der Waals surface area contributed by atoms with Crippen LogP contribution in [0.2, 0.25) is 0 Å². The first-order chi connectivity index (χ1) is 11.7. The quantitative estimate of drug-likeness (QED) is 0.840. The fourth-order valence-corrected chi connectivity index (χ4v) is 4.09. The topological polar surface area (TPSA) is 73.6 Å². The van der Waals surface area contributed by atoms with Gasteiger partial charge in [-0.05, 0) is 18.4 Å². The highest BCUT2D eigenvalue weighted by Crippen LogP contribution is 2.26. The number of carbonyl (C=O) groups excluding carboxylic acids is 2. The molecule has 2 aliphatic rings. The third kappa shape index (κ3) is 3.49. The van der Waals surface area contributed by atoms with Crippen molar-refractivity contribution in [1.29, 1.82) is 5.26 Å². The molecule has 0 aromatic heterocycles. The molecule has 0 unspecified atom stereocenters. The van der Waals surface area contributed by atoms with Crippen LogP contribution in [0.25, 0.3) is 0 Å². The van der Waals surface area contributed by atoms with Gasteiger partial charge in [0.1, 0.15) is 18.7 Å². The van der Waals surface area contributed by atoms with E-state index in [0.717, 1.165) is 12.0 Å². The third-order valence-electron chi connectivity index (χ3n) is 4.29. The standard InChI is InChI=1S/C17H19N3O3S/c18-9-14-11-24-12-20(14)16(21)15-7-4-8-19(15)17(22)23-10-13-5-2-1-3-6-13/h1-3,5-6,14-15H,4,7-8,10-12H2/t14-,15-/m1/s1. The smallest absolute Gasteiger partial charge is 0.410 e. The number of amides is 2. The Labute approximate surface area is 145 Å². The van der Waals surface area contributed by atoms with E-state index >= 15 is 0 Å². The summed E-state index contributed by atoms with van der Waals surface area (Å²) >= 11 is 1.57. The Morgan fingerprint density at radius 2 is 2.08 bits per heavy atom. The summed E-state index contributed by atoms with van der Waals surface area (Å²) in [7, 11) is 0. The summed E-state index contributed by atoms with van der Waals surface area (Å²) in [5.74, 6) is 1.01. The van der Waals surface area contributed by atoms with Crippen LogP contribution < -0.4 is 0 Å². The van der Waals surface area contributed by atoms with Gasteiger partial charge in [0.15, 0.2) is 0 Å². The Balaban J connectivity index is 1.61. The number of carbonyl (C=O) groups is 2. The number of rotatable bonds is 3. The highest BCUT2D eigenvalue weighted by Gasteiger charge is 2.40. The van der Waals surface area contributed by atoms with E-state index < -0.39 is 18.2 Å². The van der Waals surface area contributed by atoms with Crippen LogP contribution in [0.3, 0.4) is 0 Å². The van der Waals surface area contributed by atoms with Gasteiger partial charge in [0.05, 0.1) is 11.9 Å². The average Bonchev–Trinajstić information content (AvgIpc) is 3.28. The maximum absolute atomic E-state index is 12.7. The van der Waals surface area contributed by atoms with Gasteiger partial charge in [-0.25, -0.2) is 4.79 Å². The number of nitriles is 1. The Bertz CT molecular complexity index is 646. The van der Waals surface area contributed by atoms with Gasteiger partial charge in [0.2, 0.25) is 5.91 Å². The monoisotopic (exact) mass is 345 g/mol. The lowest BCUT2D eigenvalue weighted by Crippen LogP contribution is -2.49. The van der Waals surface area contributed by atoms with Gasteiger partial charge in [-0.3, -0.25) is 9.69 Å². The van der Waals surface area contributed by atoms with Crippen LogP contribution in [0.5, 0.6) is 0 Å². The van der Waals surface area contributed by atoms with E-state index in [0.29, 0.717) is 24.6 Å². The fourth-order valence-electron chi connectivity index (χ4n) is 3.00. The first kappa shape index (κ1) is 16.7. The van der Waals surface area contributed by atoms with E-state index in [-0.39, 0.29) is 12.5 Å². The molecule has 2 saturated heterocycles. The fraction of sp³-hybridized carbons (Fsp3) is 0.471. The van der Waals surface area contributed by atoms with Crippen molar-refractivity contribution in [3.8, 4) is 6.07 Å². The van der Waals surface area contributed by atoms with Gasteiger partial charge < -0.3 is 9.64 Å². The van der Waals surface area contributed by atoms with Gasteiger partial charge in [0, 0.05) is 12.3 Å². The van der Waals surface area contributed by atoms with Crippen molar-refractivity contribution in [3.05, 3.63) is 35.9 Å². The maximum Gasteiger partial charge on any atom is 0.410 e. The maximum atomic E-state index is 12.7. The molecular formula is C17H19N3O3S. The van der Waals surface area contributed by atoms with Crippen LogP contribution in [0, 0.1) is 11.3 Å². The molecule has 2 atom stereocenters. The Morgan fingerprint density at radius 1 is 1.29 bits per heavy atom. The molecule has 7 heteroatoms. The van der Waals surface area contributed by atoms with E-state index in [1.54, 1.807) is 16.7 Å². The van der Waals surface area contributed by atoms with Crippen molar-refractivity contribution in [2.24, 2.45) is 0 Å². The Morgan fingerprint density at radius 3 is 2.83 bits per heavy atom. The molecule has 1 aromatic carbocycles. The summed E-state index contributed by atoms with van der Waals surface area (Å²) in [6.07, 6.45) is 0.934. The summed E-state index contributed by atoms with van der Waals surface area (Å²) in [5, 5.41) is 9.15. The van der Waals surface area contributed by atoms with Crippen LogP contribution in [-0.2, 0) is 16.1 Å². The van der Waals surface area contributed by atoms with E-state index in [4.69, 9.17) is 10.00 Å². The highest BCUT2D eigenvalue weighted by molar-refractivity contribution is 7.99. The Hall–Kier alpha value is -2.20. The zero-order valence-electron chi connectivity index (χ0n) is 13.3. The highest BCUT2D eigenvalue weighted by atomic mass is 32.2. The van der Waals surface area contributed by atoms with Gasteiger partial charge in [0.25, 0.3) is 0 Å². The number of thioether (sulfide) groups is 1. The predicted octanol–water partition coefficient (Wildman–Crippen LogP) is 2.21. The molecule has 126 valence electrons. The van der Waals surface area contributed by atoms with Crippen molar-refractivity contribution in [2.75, 3.05) is 18.2 Å². The lowest BCUT2D eigenvalue weighted by atomic mass is 10.2. The minimum atomic E-state index is -0.511. The van der Waals surface area contributed by atoms with Crippen molar-refractivity contribution in [1.82, 2.24) is 9.80 Å². The molecule has 0 spiro atoms. The van der Waals surface area contributed by atoms with E-state index in [9.17, 15) is 9.59 Å². The number of ether oxygens (including phenoxy) is 1. The first-order valence-electron chi connectivity index (χ1n) is 7.96.